The smallest absolute Gasteiger partial charge is 0.339 e. The molecule has 6 nitrogen and oxygen atoms in total. The third kappa shape index (κ3) is 4.28. The summed E-state index contributed by atoms with van der Waals surface area (Å²) >= 11 is 6.06. The molecule has 27 heavy (non-hydrogen) atoms. The second-order valence-corrected chi connectivity index (χ2v) is 6.05. The minimum atomic E-state index is -1.27. The molecule has 0 fully saturated rings. The van der Waals surface area contributed by atoms with Crippen molar-refractivity contribution in [1.29, 1.82) is 0 Å². The zero-order valence-corrected chi connectivity index (χ0v) is 14.8. The van der Waals surface area contributed by atoms with Crippen LogP contribution in [0.15, 0.2) is 30.3 Å². The molecule has 142 valence electrons. The van der Waals surface area contributed by atoms with Crippen LogP contribution in [0.1, 0.15) is 17.3 Å². The highest BCUT2D eigenvalue weighted by Gasteiger charge is 2.24. The molecule has 0 spiro atoms. The molecule has 0 unspecified atom stereocenters. The second kappa shape index (κ2) is 7.79. The Balaban J connectivity index is 1.69. The molecular formula is C18H14ClF2NO5. The SMILES string of the molecule is C[C@@H](OC(=O)c1cc(Cl)c2c(c1)OCCO2)C(=O)Nc1cc(F)ccc1F. The number of rotatable bonds is 4. The fourth-order valence-electron chi connectivity index (χ4n) is 2.34. The Morgan fingerprint density at radius 2 is 1.93 bits per heavy atom. The average Bonchev–Trinajstić information content (AvgIpc) is 2.64. The van der Waals surface area contributed by atoms with Crippen LogP contribution >= 0.6 is 11.6 Å². The van der Waals surface area contributed by atoms with E-state index in [0.29, 0.717) is 24.7 Å². The standard InChI is InChI=1S/C18H14ClF2NO5/c1-9(17(23)22-14-8-11(20)2-3-13(14)21)27-18(24)10-6-12(19)16-15(7-10)25-4-5-26-16/h2-3,6-9H,4-5H2,1H3,(H,22,23)/t9-/m1/s1. The first-order valence-corrected chi connectivity index (χ1v) is 8.29. The van der Waals surface area contributed by atoms with Crippen molar-refractivity contribution in [2.45, 2.75) is 13.0 Å². The van der Waals surface area contributed by atoms with Gasteiger partial charge >= 0.3 is 5.97 Å². The van der Waals surface area contributed by atoms with Crippen LogP contribution in [0.4, 0.5) is 14.5 Å². The van der Waals surface area contributed by atoms with Crippen molar-refractivity contribution in [1.82, 2.24) is 0 Å². The molecule has 2 aromatic rings. The number of amides is 1. The first-order chi connectivity index (χ1) is 12.8. The van der Waals surface area contributed by atoms with Crippen LogP contribution < -0.4 is 14.8 Å². The lowest BCUT2D eigenvalue weighted by Crippen LogP contribution is -2.30. The van der Waals surface area contributed by atoms with Crippen molar-refractivity contribution in [2.75, 3.05) is 18.5 Å². The van der Waals surface area contributed by atoms with Gasteiger partial charge in [0.05, 0.1) is 16.3 Å². The quantitative estimate of drug-likeness (QED) is 0.798. The van der Waals surface area contributed by atoms with Crippen LogP contribution in [-0.2, 0) is 9.53 Å². The molecule has 2 aromatic carbocycles. The molecule has 3 rings (SSSR count). The van der Waals surface area contributed by atoms with Gasteiger partial charge in [-0.3, -0.25) is 4.79 Å². The Bertz CT molecular complexity index is 906. The summed E-state index contributed by atoms with van der Waals surface area (Å²) in [5, 5.41) is 2.33. The Labute approximate surface area is 158 Å². The van der Waals surface area contributed by atoms with E-state index in [2.05, 4.69) is 5.32 Å². The van der Waals surface area contributed by atoms with Gasteiger partial charge < -0.3 is 19.5 Å². The largest absolute Gasteiger partial charge is 0.486 e. The number of carbonyl (C=O) groups excluding carboxylic acids is 2. The van der Waals surface area contributed by atoms with Crippen molar-refractivity contribution in [2.24, 2.45) is 0 Å². The molecule has 0 bridgehead atoms. The van der Waals surface area contributed by atoms with Crippen molar-refractivity contribution in [3.8, 4) is 11.5 Å². The number of hydrogen-bond acceptors (Lipinski definition) is 5. The Morgan fingerprint density at radius 1 is 1.19 bits per heavy atom. The number of fused-ring (bicyclic) bond motifs is 1. The highest BCUT2D eigenvalue weighted by atomic mass is 35.5. The van der Waals surface area contributed by atoms with Gasteiger partial charge in [-0.2, -0.15) is 0 Å². The van der Waals surface area contributed by atoms with E-state index in [1.54, 1.807) is 0 Å². The summed E-state index contributed by atoms with van der Waals surface area (Å²) in [6.45, 7) is 1.94. The number of benzene rings is 2. The van der Waals surface area contributed by atoms with E-state index in [4.69, 9.17) is 25.8 Å². The van der Waals surface area contributed by atoms with Crippen LogP contribution in [0, 0.1) is 11.6 Å². The number of carbonyl (C=O) groups is 2. The van der Waals surface area contributed by atoms with Gasteiger partial charge in [0.15, 0.2) is 17.6 Å². The summed E-state index contributed by atoms with van der Waals surface area (Å²) in [5.41, 5.74) is -0.300. The van der Waals surface area contributed by atoms with Gasteiger partial charge in [0.25, 0.3) is 5.91 Å². The van der Waals surface area contributed by atoms with E-state index in [9.17, 15) is 18.4 Å². The van der Waals surface area contributed by atoms with E-state index >= 15 is 0 Å². The lowest BCUT2D eigenvalue weighted by Gasteiger charge is -2.20. The van der Waals surface area contributed by atoms with Gasteiger partial charge in [0.2, 0.25) is 0 Å². The normalized spacial score (nSPS) is 13.6. The van der Waals surface area contributed by atoms with E-state index in [1.807, 2.05) is 0 Å². The molecule has 0 aliphatic carbocycles. The van der Waals surface area contributed by atoms with Crippen LogP contribution in [-0.4, -0.2) is 31.2 Å². The third-order valence-corrected chi connectivity index (χ3v) is 3.95. The lowest BCUT2D eigenvalue weighted by molar-refractivity contribution is -0.123. The Kier molecular flexibility index (Phi) is 5.46. The molecule has 9 heteroatoms. The van der Waals surface area contributed by atoms with Crippen LogP contribution in [0.3, 0.4) is 0 Å². The van der Waals surface area contributed by atoms with Crippen LogP contribution in [0.25, 0.3) is 0 Å². The first kappa shape index (κ1) is 18.9. The molecule has 1 aliphatic rings. The van der Waals surface area contributed by atoms with Gasteiger partial charge in [-0.25, -0.2) is 13.6 Å². The fourth-order valence-corrected chi connectivity index (χ4v) is 2.60. The average molecular weight is 398 g/mol. The van der Waals surface area contributed by atoms with Crippen molar-refractivity contribution < 1.29 is 32.6 Å². The van der Waals surface area contributed by atoms with Gasteiger partial charge in [0.1, 0.15) is 24.8 Å². The van der Waals surface area contributed by atoms with E-state index in [-0.39, 0.29) is 16.3 Å². The number of hydrogen-bond donors (Lipinski definition) is 1. The minimum Gasteiger partial charge on any atom is -0.486 e. The molecule has 1 N–H and O–H groups in total. The maximum atomic E-state index is 13.6. The van der Waals surface area contributed by atoms with Crippen molar-refractivity contribution in [3.05, 3.63) is 52.6 Å². The van der Waals surface area contributed by atoms with Gasteiger partial charge in [-0.1, -0.05) is 11.6 Å². The fraction of sp³-hybridized carbons (Fsp3) is 0.222. The summed E-state index contributed by atoms with van der Waals surface area (Å²) in [5.74, 6) is -2.58. The van der Waals surface area contributed by atoms with Gasteiger partial charge in [-0.05, 0) is 31.2 Å². The zero-order chi connectivity index (χ0) is 19.6. The number of anilines is 1. The van der Waals surface area contributed by atoms with E-state index < -0.39 is 29.6 Å². The summed E-state index contributed by atoms with van der Waals surface area (Å²) in [6.07, 6.45) is -1.27. The van der Waals surface area contributed by atoms with Gasteiger partial charge in [-0.15, -0.1) is 0 Å². The predicted octanol–water partition coefficient (Wildman–Crippen LogP) is 3.57. The van der Waals surface area contributed by atoms with Crippen molar-refractivity contribution >= 4 is 29.2 Å². The number of halogens is 3. The number of esters is 1. The molecule has 0 radical (unpaired) electrons. The maximum Gasteiger partial charge on any atom is 0.339 e. The molecule has 0 saturated carbocycles. The van der Waals surface area contributed by atoms with Crippen molar-refractivity contribution in [3.63, 3.8) is 0 Å². The minimum absolute atomic E-state index is 0.0563. The molecular weight excluding hydrogens is 384 g/mol. The lowest BCUT2D eigenvalue weighted by atomic mass is 10.2. The molecule has 1 atom stereocenters. The summed E-state index contributed by atoms with van der Waals surface area (Å²) in [6, 6.07) is 5.33. The van der Waals surface area contributed by atoms with Gasteiger partial charge in [0, 0.05) is 6.07 Å². The molecule has 1 aliphatic heterocycles. The van der Waals surface area contributed by atoms with Crippen LogP contribution in [0.2, 0.25) is 5.02 Å². The van der Waals surface area contributed by atoms with Crippen LogP contribution in [0.5, 0.6) is 11.5 Å². The Hall–Kier alpha value is -2.87. The number of ether oxygens (including phenoxy) is 3. The molecule has 0 saturated heterocycles. The monoisotopic (exact) mass is 397 g/mol. The zero-order valence-electron chi connectivity index (χ0n) is 14.1. The van der Waals surface area contributed by atoms with E-state index in [1.165, 1.54) is 19.1 Å². The number of nitrogens with one attached hydrogen (secondary N) is 1. The summed E-state index contributed by atoms with van der Waals surface area (Å²) < 4.78 is 42.6. The third-order valence-electron chi connectivity index (χ3n) is 3.67. The molecule has 0 aromatic heterocycles. The second-order valence-electron chi connectivity index (χ2n) is 5.64. The highest BCUT2D eigenvalue weighted by molar-refractivity contribution is 6.32. The predicted molar refractivity (Wildman–Crippen MR) is 92.3 cm³/mol. The highest BCUT2D eigenvalue weighted by Crippen LogP contribution is 2.38. The summed E-state index contributed by atoms with van der Waals surface area (Å²) in [7, 11) is 0. The maximum absolute atomic E-state index is 13.6. The molecule has 1 amide bonds. The summed E-state index contributed by atoms with van der Waals surface area (Å²) in [4.78, 5) is 24.4. The first-order valence-electron chi connectivity index (χ1n) is 7.91. The van der Waals surface area contributed by atoms with E-state index in [0.717, 1.165) is 18.2 Å². The molecule has 1 heterocycles. The topological polar surface area (TPSA) is 73.9 Å². The Morgan fingerprint density at radius 3 is 2.70 bits per heavy atom.